The van der Waals surface area contributed by atoms with Gasteiger partial charge in [-0.2, -0.15) is 12.6 Å². The molecule has 5 heteroatoms. The van der Waals surface area contributed by atoms with Crippen molar-refractivity contribution < 1.29 is 9.59 Å². The number of nitrogens with zero attached hydrogens (tertiary/aromatic N) is 2. The van der Waals surface area contributed by atoms with Crippen LogP contribution in [0, 0.1) is 5.92 Å². The zero-order chi connectivity index (χ0) is 12.4. The molecule has 0 bridgehead atoms. The molecule has 0 saturated carbocycles. The Morgan fingerprint density at radius 2 is 2.18 bits per heavy atom. The number of piperidine rings is 1. The van der Waals surface area contributed by atoms with Crippen LogP contribution in [0.2, 0.25) is 0 Å². The molecule has 2 atom stereocenters. The Bertz CT molecular complexity index is 322. The van der Waals surface area contributed by atoms with Crippen LogP contribution in [-0.2, 0) is 9.59 Å². The molecule has 0 radical (unpaired) electrons. The molecule has 96 valence electrons. The first-order chi connectivity index (χ1) is 8.13. The normalized spacial score (nSPS) is 27.1. The van der Waals surface area contributed by atoms with E-state index in [0.29, 0.717) is 12.5 Å². The summed E-state index contributed by atoms with van der Waals surface area (Å²) < 4.78 is 0. The molecule has 0 aromatic heterocycles. The van der Waals surface area contributed by atoms with Crippen molar-refractivity contribution in [2.24, 2.45) is 5.92 Å². The number of amides is 2. The van der Waals surface area contributed by atoms with Gasteiger partial charge in [0.1, 0.15) is 6.04 Å². The number of hydrogen-bond acceptors (Lipinski definition) is 3. The highest BCUT2D eigenvalue weighted by Gasteiger charge is 2.40. The van der Waals surface area contributed by atoms with Gasteiger partial charge in [-0.25, -0.2) is 0 Å². The second-order valence-electron chi connectivity index (χ2n) is 5.11. The topological polar surface area (TPSA) is 40.6 Å². The van der Waals surface area contributed by atoms with Crippen LogP contribution >= 0.6 is 12.6 Å². The molecule has 2 unspecified atom stereocenters. The quantitative estimate of drug-likeness (QED) is 0.758. The number of hydrogen-bond donors (Lipinski definition) is 1. The lowest BCUT2D eigenvalue weighted by molar-refractivity contribution is -0.158. The van der Waals surface area contributed by atoms with Gasteiger partial charge in [0.05, 0.1) is 6.54 Å². The summed E-state index contributed by atoms with van der Waals surface area (Å²) in [7, 11) is 0. The van der Waals surface area contributed by atoms with E-state index in [1.54, 1.807) is 9.80 Å². The molecule has 0 N–H and O–H groups in total. The van der Waals surface area contributed by atoms with Gasteiger partial charge in [-0.3, -0.25) is 9.59 Å². The molecule has 0 aromatic carbocycles. The van der Waals surface area contributed by atoms with Crippen molar-refractivity contribution in [2.45, 2.75) is 32.2 Å². The molecule has 2 saturated heterocycles. The summed E-state index contributed by atoms with van der Waals surface area (Å²) in [5.41, 5.74) is 0. The third-order valence-electron chi connectivity index (χ3n) is 3.59. The van der Waals surface area contributed by atoms with Gasteiger partial charge in [0.2, 0.25) is 11.8 Å². The Hall–Kier alpha value is -0.710. The lowest BCUT2D eigenvalue weighted by Gasteiger charge is -2.43. The van der Waals surface area contributed by atoms with E-state index >= 15 is 0 Å². The predicted molar refractivity (Wildman–Crippen MR) is 68.9 cm³/mol. The molecule has 2 rings (SSSR count). The minimum atomic E-state index is -0.183. The average molecular weight is 256 g/mol. The molecule has 2 aliphatic heterocycles. The van der Waals surface area contributed by atoms with Crippen molar-refractivity contribution in [1.29, 1.82) is 0 Å². The molecule has 17 heavy (non-hydrogen) atoms. The van der Waals surface area contributed by atoms with Gasteiger partial charge in [0.15, 0.2) is 0 Å². The van der Waals surface area contributed by atoms with E-state index in [0.717, 1.165) is 31.6 Å². The highest BCUT2D eigenvalue weighted by molar-refractivity contribution is 7.80. The Labute approximate surface area is 108 Å². The van der Waals surface area contributed by atoms with Crippen molar-refractivity contribution in [3.8, 4) is 0 Å². The summed E-state index contributed by atoms with van der Waals surface area (Å²) >= 11 is 4.23. The average Bonchev–Trinajstić information content (AvgIpc) is 2.35. The molecule has 2 amide bonds. The molecule has 0 aromatic rings. The van der Waals surface area contributed by atoms with Crippen molar-refractivity contribution in [1.82, 2.24) is 9.80 Å². The minimum absolute atomic E-state index is 0.112. The lowest BCUT2D eigenvalue weighted by Crippen LogP contribution is -2.61. The van der Waals surface area contributed by atoms with Crippen molar-refractivity contribution in [3.05, 3.63) is 0 Å². The Balaban J connectivity index is 2.06. The number of rotatable bonds is 3. The van der Waals surface area contributed by atoms with E-state index in [4.69, 9.17) is 0 Å². The van der Waals surface area contributed by atoms with Gasteiger partial charge in [-0.05, 0) is 30.9 Å². The summed E-state index contributed by atoms with van der Waals surface area (Å²) in [4.78, 5) is 27.7. The van der Waals surface area contributed by atoms with Gasteiger partial charge >= 0.3 is 0 Å². The van der Waals surface area contributed by atoms with Gasteiger partial charge < -0.3 is 9.80 Å². The van der Waals surface area contributed by atoms with Crippen LogP contribution in [0.5, 0.6) is 0 Å². The first-order valence-electron chi connectivity index (χ1n) is 6.32. The molecule has 2 aliphatic rings. The summed E-state index contributed by atoms with van der Waals surface area (Å²) in [6.45, 7) is 3.72. The van der Waals surface area contributed by atoms with E-state index in [1.165, 1.54) is 0 Å². The number of carbonyl (C=O) groups is 2. The standard InChI is InChI=1S/C12H20N2O2S/c1-9(8-17)6-13-7-11(15)14-5-3-2-4-10(14)12(13)16/h9-10,17H,2-8H2,1H3. The van der Waals surface area contributed by atoms with Crippen molar-refractivity contribution in [2.75, 3.05) is 25.4 Å². The molecule has 2 fully saturated rings. The van der Waals surface area contributed by atoms with Crippen LogP contribution in [0.15, 0.2) is 0 Å². The molecule has 4 nitrogen and oxygen atoms in total. The van der Waals surface area contributed by atoms with Gasteiger partial charge in [-0.15, -0.1) is 0 Å². The maximum absolute atomic E-state index is 12.3. The highest BCUT2D eigenvalue weighted by atomic mass is 32.1. The first kappa shape index (κ1) is 12.7. The van der Waals surface area contributed by atoms with Crippen LogP contribution in [-0.4, -0.2) is 53.0 Å². The van der Waals surface area contributed by atoms with Gasteiger partial charge in [-0.1, -0.05) is 6.92 Å². The van der Waals surface area contributed by atoms with E-state index in [-0.39, 0.29) is 24.4 Å². The second kappa shape index (κ2) is 5.29. The summed E-state index contributed by atoms with van der Waals surface area (Å²) in [6, 6.07) is -0.183. The third-order valence-corrected chi connectivity index (χ3v) is 4.21. The number of fused-ring (bicyclic) bond motifs is 1. The second-order valence-corrected chi connectivity index (χ2v) is 5.47. The van der Waals surface area contributed by atoms with Crippen molar-refractivity contribution >= 4 is 24.4 Å². The highest BCUT2D eigenvalue weighted by Crippen LogP contribution is 2.23. The number of carbonyl (C=O) groups excluding carboxylic acids is 2. The largest absolute Gasteiger partial charge is 0.331 e. The van der Waals surface area contributed by atoms with E-state index in [2.05, 4.69) is 19.6 Å². The Kier molecular flexibility index (Phi) is 3.97. The molecule has 2 heterocycles. The zero-order valence-electron chi connectivity index (χ0n) is 10.3. The van der Waals surface area contributed by atoms with Gasteiger partial charge in [0, 0.05) is 13.1 Å². The van der Waals surface area contributed by atoms with Crippen LogP contribution < -0.4 is 0 Å². The van der Waals surface area contributed by atoms with Crippen LogP contribution in [0.4, 0.5) is 0 Å². The fourth-order valence-electron chi connectivity index (χ4n) is 2.62. The first-order valence-corrected chi connectivity index (χ1v) is 6.96. The zero-order valence-corrected chi connectivity index (χ0v) is 11.2. The monoisotopic (exact) mass is 256 g/mol. The van der Waals surface area contributed by atoms with E-state index < -0.39 is 0 Å². The summed E-state index contributed by atoms with van der Waals surface area (Å²) in [5.74, 6) is 1.33. The summed E-state index contributed by atoms with van der Waals surface area (Å²) in [6.07, 6.45) is 2.91. The maximum Gasteiger partial charge on any atom is 0.245 e. The fraction of sp³-hybridized carbons (Fsp3) is 0.833. The van der Waals surface area contributed by atoms with Crippen LogP contribution in [0.1, 0.15) is 26.2 Å². The lowest BCUT2D eigenvalue weighted by atomic mass is 9.98. The van der Waals surface area contributed by atoms with Crippen molar-refractivity contribution in [3.63, 3.8) is 0 Å². The smallest absolute Gasteiger partial charge is 0.245 e. The predicted octanol–water partition coefficient (Wildman–Crippen LogP) is 0.776. The Morgan fingerprint density at radius 3 is 2.88 bits per heavy atom. The molecule has 0 aliphatic carbocycles. The van der Waals surface area contributed by atoms with Gasteiger partial charge in [0.25, 0.3) is 0 Å². The van der Waals surface area contributed by atoms with Crippen LogP contribution in [0.3, 0.4) is 0 Å². The van der Waals surface area contributed by atoms with E-state index in [9.17, 15) is 9.59 Å². The SMILES string of the molecule is CC(CS)CN1CC(=O)N2CCCCC2C1=O. The fourth-order valence-corrected chi connectivity index (χ4v) is 2.73. The third kappa shape index (κ3) is 2.59. The molecular weight excluding hydrogens is 236 g/mol. The summed E-state index contributed by atoms with van der Waals surface area (Å²) in [5, 5.41) is 0. The van der Waals surface area contributed by atoms with E-state index in [1.807, 2.05) is 0 Å². The number of thiol groups is 1. The maximum atomic E-state index is 12.3. The molecular formula is C12H20N2O2S. The van der Waals surface area contributed by atoms with Crippen LogP contribution in [0.25, 0.3) is 0 Å². The number of piperazine rings is 1. The molecule has 0 spiro atoms. The Morgan fingerprint density at radius 1 is 1.41 bits per heavy atom. The minimum Gasteiger partial charge on any atom is -0.331 e.